The largest absolute Gasteiger partial charge is 0.493 e. The monoisotopic (exact) mass is 323 g/mol. The van der Waals surface area contributed by atoms with Crippen molar-refractivity contribution in [2.75, 3.05) is 12.4 Å². The number of nitrogens with one attached hydrogen (secondary N) is 1. The summed E-state index contributed by atoms with van der Waals surface area (Å²) < 4.78 is 10.5. The normalized spacial score (nSPS) is 10.5. The lowest BCUT2D eigenvalue weighted by molar-refractivity contribution is -0.132. The number of hydrogen-bond donors (Lipinski definition) is 1. The molecule has 0 aliphatic carbocycles. The number of aromatic nitrogens is 2. The molecule has 1 N–H and O–H groups in total. The van der Waals surface area contributed by atoms with E-state index in [-0.39, 0.29) is 0 Å². The van der Waals surface area contributed by atoms with Gasteiger partial charge in [0.15, 0.2) is 11.5 Å². The van der Waals surface area contributed by atoms with Gasteiger partial charge in [-0.1, -0.05) is 12.1 Å². The molecule has 0 amide bonds. The predicted molar refractivity (Wildman–Crippen MR) is 91.9 cm³/mol. The molecule has 0 saturated heterocycles. The molecule has 3 rings (SSSR count). The van der Waals surface area contributed by atoms with E-state index < -0.39 is 5.97 Å². The van der Waals surface area contributed by atoms with Gasteiger partial charge in [0.1, 0.15) is 12.1 Å². The molecule has 0 radical (unpaired) electrons. The number of anilines is 2. The summed E-state index contributed by atoms with van der Waals surface area (Å²) in [5.41, 5.74) is 2.74. The summed E-state index contributed by atoms with van der Waals surface area (Å²) in [6.45, 7) is 3.37. The lowest BCUT2D eigenvalue weighted by atomic mass is 10.2. The van der Waals surface area contributed by atoms with E-state index in [9.17, 15) is 4.79 Å². The lowest BCUT2D eigenvalue weighted by Gasteiger charge is -2.12. The van der Waals surface area contributed by atoms with Crippen LogP contribution in [-0.4, -0.2) is 23.0 Å². The Labute approximate surface area is 139 Å². The summed E-state index contributed by atoms with van der Waals surface area (Å²) in [6, 6.07) is 11.4. The van der Waals surface area contributed by atoms with Crippen LogP contribution < -0.4 is 14.8 Å². The number of esters is 1. The minimum absolute atomic E-state index is 0.333. The van der Waals surface area contributed by atoms with Gasteiger partial charge in [0.2, 0.25) is 0 Å². The standard InChI is InChI=1S/C18H17N3O3/c1-11-5-4-6-13(7-11)21-18-14-8-17(24-12(2)22)16(23-3)9-15(14)19-10-20-18/h4-10H,1-3H3,(H,19,20,21). The average Bonchev–Trinajstić information content (AvgIpc) is 2.54. The smallest absolute Gasteiger partial charge is 0.308 e. The molecule has 0 atom stereocenters. The molecule has 2 aromatic carbocycles. The number of carbonyl (C=O) groups excluding carboxylic acids is 1. The van der Waals surface area contributed by atoms with Crippen LogP contribution in [0.25, 0.3) is 10.9 Å². The summed E-state index contributed by atoms with van der Waals surface area (Å²) in [5, 5.41) is 4.01. The predicted octanol–water partition coefficient (Wildman–Crippen LogP) is 3.62. The third-order valence-corrected chi connectivity index (χ3v) is 3.46. The van der Waals surface area contributed by atoms with Crippen molar-refractivity contribution in [1.82, 2.24) is 9.97 Å². The van der Waals surface area contributed by atoms with Crippen LogP contribution in [0.15, 0.2) is 42.7 Å². The minimum Gasteiger partial charge on any atom is -0.493 e. The SMILES string of the molecule is COc1cc2ncnc(Nc3cccc(C)c3)c2cc1OC(C)=O. The lowest BCUT2D eigenvalue weighted by Crippen LogP contribution is -2.04. The second-order valence-corrected chi connectivity index (χ2v) is 5.33. The maximum Gasteiger partial charge on any atom is 0.308 e. The van der Waals surface area contributed by atoms with Crippen molar-refractivity contribution in [2.24, 2.45) is 0 Å². The Bertz CT molecular complexity index is 909. The fourth-order valence-electron chi connectivity index (χ4n) is 2.42. The molecular weight excluding hydrogens is 306 g/mol. The molecule has 0 bridgehead atoms. The Morgan fingerprint density at radius 3 is 2.67 bits per heavy atom. The van der Waals surface area contributed by atoms with E-state index in [1.54, 1.807) is 12.1 Å². The van der Waals surface area contributed by atoms with Gasteiger partial charge in [-0.3, -0.25) is 4.79 Å². The molecule has 0 unspecified atom stereocenters. The van der Waals surface area contributed by atoms with Crippen molar-refractivity contribution < 1.29 is 14.3 Å². The Morgan fingerprint density at radius 1 is 1.12 bits per heavy atom. The molecule has 6 nitrogen and oxygen atoms in total. The van der Waals surface area contributed by atoms with E-state index in [1.807, 2.05) is 31.2 Å². The number of nitrogens with zero attached hydrogens (tertiary/aromatic N) is 2. The van der Waals surface area contributed by atoms with E-state index in [0.717, 1.165) is 16.6 Å². The maximum atomic E-state index is 11.3. The van der Waals surface area contributed by atoms with Gasteiger partial charge in [0, 0.05) is 24.1 Å². The van der Waals surface area contributed by atoms with Crippen molar-refractivity contribution in [1.29, 1.82) is 0 Å². The Balaban J connectivity index is 2.09. The van der Waals surface area contributed by atoms with Crippen LogP contribution >= 0.6 is 0 Å². The summed E-state index contributed by atoms with van der Waals surface area (Å²) in [6.07, 6.45) is 1.48. The highest BCUT2D eigenvalue weighted by Crippen LogP contribution is 2.34. The first-order valence-electron chi connectivity index (χ1n) is 7.41. The number of benzene rings is 2. The first-order chi connectivity index (χ1) is 11.6. The minimum atomic E-state index is -0.419. The molecule has 0 saturated carbocycles. The van der Waals surface area contributed by atoms with E-state index in [2.05, 4.69) is 15.3 Å². The average molecular weight is 323 g/mol. The van der Waals surface area contributed by atoms with E-state index in [1.165, 1.54) is 20.4 Å². The molecule has 6 heteroatoms. The van der Waals surface area contributed by atoms with Crippen LogP contribution in [0.4, 0.5) is 11.5 Å². The molecule has 0 spiro atoms. The van der Waals surface area contributed by atoms with Gasteiger partial charge in [-0.2, -0.15) is 0 Å². The van der Waals surface area contributed by atoms with Crippen LogP contribution in [0.2, 0.25) is 0 Å². The van der Waals surface area contributed by atoms with Gasteiger partial charge < -0.3 is 14.8 Å². The Hall–Kier alpha value is -3.15. The Kier molecular flexibility index (Phi) is 4.29. The maximum absolute atomic E-state index is 11.3. The molecule has 1 heterocycles. The first-order valence-corrected chi connectivity index (χ1v) is 7.41. The number of carbonyl (C=O) groups is 1. The zero-order chi connectivity index (χ0) is 17.1. The molecular formula is C18H17N3O3. The Morgan fingerprint density at radius 2 is 1.96 bits per heavy atom. The quantitative estimate of drug-likeness (QED) is 0.584. The summed E-state index contributed by atoms with van der Waals surface area (Å²) in [5.74, 6) is 0.983. The van der Waals surface area contributed by atoms with E-state index >= 15 is 0 Å². The highest BCUT2D eigenvalue weighted by Gasteiger charge is 2.13. The molecule has 24 heavy (non-hydrogen) atoms. The van der Waals surface area contributed by atoms with Gasteiger partial charge in [-0.25, -0.2) is 9.97 Å². The summed E-state index contributed by atoms with van der Waals surface area (Å²) >= 11 is 0. The van der Waals surface area contributed by atoms with Crippen molar-refractivity contribution >= 4 is 28.4 Å². The fourth-order valence-corrected chi connectivity index (χ4v) is 2.42. The van der Waals surface area contributed by atoms with Crippen molar-refractivity contribution in [3.63, 3.8) is 0 Å². The number of hydrogen-bond acceptors (Lipinski definition) is 6. The highest BCUT2D eigenvalue weighted by atomic mass is 16.6. The topological polar surface area (TPSA) is 73.3 Å². The van der Waals surface area contributed by atoms with Crippen molar-refractivity contribution in [2.45, 2.75) is 13.8 Å². The van der Waals surface area contributed by atoms with Gasteiger partial charge >= 0.3 is 5.97 Å². The molecule has 0 aliphatic rings. The zero-order valence-corrected chi connectivity index (χ0v) is 13.7. The third-order valence-electron chi connectivity index (χ3n) is 3.46. The van der Waals surface area contributed by atoms with Gasteiger partial charge in [0.05, 0.1) is 12.6 Å². The first kappa shape index (κ1) is 15.7. The second kappa shape index (κ2) is 6.54. The van der Waals surface area contributed by atoms with E-state index in [0.29, 0.717) is 22.8 Å². The van der Waals surface area contributed by atoms with Crippen LogP contribution in [0, 0.1) is 6.92 Å². The number of ether oxygens (including phenoxy) is 2. The van der Waals surface area contributed by atoms with Gasteiger partial charge in [-0.15, -0.1) is 0 Å². The third kappa shape index (κ3) is 3.27. The zero-order valence-electron chi connectivity index (χ0n) is 13.7. The summed E-state index contributed by atoms with van der Waals surface area (Å²) in [4.78, 5) is 19.9. The number of methoxy groups -OCH3 is 1. The van der Waals surface area contributed by atoms with Crippen molar-refractivity contribution in [3.05, 3.63) is 48.3 Å². The van der Waals surface area contributed by atoms with Crippen molar-refractivity contribution in [3.8, 4) is 11.5 Å². The fraction of sp³-hybridized carbons (Fsp3) is 0.167. The van der Waals surface area contributed by atoms with Gasteiger partial charge in [0.25, 0.3) is 0 Å². The molecule has 1 aromatic heterocycles. The molecule has 0 aliphatic heterocycles. The number of aryl methyl sites for hydroxylation is 1. The van der Waals surface area contributed by atoms with Crippen LogP contribution in [0.1, 0.15) is 12.5 Å². The molecule has 3 aromatic rings. The van der Waals surface area contributed by atoms with E-state index in [4.69, 9.17) is 9.47 Å². The highest BCUT2D eigenvalue weighted by molar-refractivity contribution is 5.93. The van der Waals surface area contributed by atoms with Crippen LogP contribution in [0.3, 0.4) is 0 Å². The second-order valence-electron chi connectivity index (χ2n) is 5.33. The van der Waals surface area contributed by atoms with Crippen LogP contribution in [-0.2, 0) is 4.79 Å². The van der Waals surface area contributed by atoms with Crippen LogP contribution in [0.5, 0.6) is 11.5 Å². The number of rotatable bonds is 4. The summed E-state index contributed by atoms with van der Waals surface area (Å²) in [7, 11) is 1.52. The molecule has 0 fully saturated rings. The van der Waals surface area contributed by atoms with Gasteiger partial charge in [-0.05, 0) is 30.7 Å². The molecule has 122 valence electrons. The number of fused-ring (bicyclic) bond motifs is 1.